The van der Waals surface area contributed by atoms with Gasteiger partial charge in [-0.25, -0.2) is 9.50 Å². The van der Waals surface area contributed by atoms with Crippen molar-refractivity contribution in [3.05, 3.63) is 24.2 Å². The first-order chi connectivity index (χ1) is 8.85. The first kappa shape index (κ1) is 11.8. The van der Waals surface area contributed by atoms with E-state index in [0.29, 0.717) is 5.25 Å². The zero-order chi connectivity index (χ0) is 12.4. The van der Waals surface area contributed by atoms with Gasteiger partial charge in [-0.2, -0.15) is 16.9 Å². The fraction of sp³-hybridized carbons (Fsp3) is 0.538. The number of pyridine rings is 1. The Bertz CT molecular complexity index is 534. The van der Waals surface area contributed by atoms with Crippen molar-refractivity contribution in [1.82, 2.24) is 14.6 Å². The van der Waals surface area contributed by atoms with Crippen LogP contribution >= 0.6 is 11.8 Å². The van der Waals surface area contributed by atoms with Crippen molar-refractivity contribution in [3.8, 4) is 5.75 Å². The molecule has 0 radical (unpaired) electrons. The summed E-state index contributed by atoms with van der Waals surface area (Å²) in [6, 6.07) is 3.82. The van der Waals surface area contributed by atoms with E-state index < -0.39 is 0 Å². The van der Waals surface area contributed by atoms with Gasteiger partial charge in [0.05, 0.1) is 7.11 Å². The van der Waals surface area contributed by atoms with Gasteiger partial charge >= 0.3 is 0 Å². The standard InChI is InChI=1S/C13H17N3OS/c1-17-10-5-6-16-13(8-10)14-12(15-16)9-11-4-2-3-7-18-11/h5-6,8,11H,2-4,7,9H2,1H3. The Labute approximate surface area is 111 Å². The third kappa shape index (κ3) is 2.46. The van der Waals surface area contributed by atoms with Crippen LogP contribution in [0.1, 0.15) is 25.1 Å². The first-order valence-electron chi connectivity index (χ1n) is 6.36. The van der Waals surface area contributed by atoms with Crippen LogP contribution < -0.4 is 4.74 Å². The molecular formula is C13H17N3OS. The lowest BCUT2D eigenvalue weighted by Gasteiger charge is -2.19. The summed E-state index contributed by atoms with van der Waals surface area (Å²) >= 11 is 2.06. The normalized spacial score (nSPS) is 20.2. The third-order valence-electron chi connectivity index (χ3n) is 3.27. The van der Waals surface area contributed by atoms with Crippen LogP contribution in [0.4, 0.5) is 0 Å². The number of hydrogen-bond donors (Lipinski definition) is 0. The SMILES string of the molecule is COc1ccn2nc(CC3CCCCS3)nc2c1. The molecule has 0 spiro atoms. The van der Waals surface area contributed by atoms with Crippen LogP contribution in [-0.4, -0.2) is 32.7 Å². The van der Waals surface area contributed by atoms with E-state index in [-0.39, 0.29) is 0 Å². The zero-order valence-corrected chi connectivity index (χ0v) is 11.3. The van der Waals surface area contributed by atoms with Crippen LogP contribution in [0.2, 0.25) is 0 Å². The first-order valence-corrected chi connectivity index (χ1v) is 7.41. The van der Waals surface area contributed by atoms with E-state index >= 15 is 0 Å². The fourth-order valence-electron chi connectivity index (χ4n) is 2.29. The monoisotopic (exact) mass is 263 g/mol. The topological polar surface area (TPSA) is 39.4 Å². The van der Waals surface area contributed by atoms with Gasteiger partial charge in [0.15, 0.2) is 11.5 Å². The molecule has 4 nitrogen and oxygen atoms in total. The summed E-state index contributed by atoms with van der Waals surface area (Å²) in [6.45, 7) is 0. The fourth-order valence-corrected chi connectivity index (χ4v) is 3.60. The Hall–Kier alpha value is -1.23. The second-order valence-corrected chi connectivity index (χ2v) is 6.00. The van der Waals surface area contributed by atoms with Crippen molar-refractivity contribution in [3.63, 3.8) is 0 Å². The van der Waals surface area contributed by atoms with Gasteiger partial charge in [-0.05, 0) is 24.7 Å². The van der Waals surface area contributed by atoms with Gasteiger partial charge in [0, 0.05) is 23.9 Å². The minimum absolute atomic E-state index is 0.693. The summed E-state index contributed by atoms with van der Waals surface area (Å²) in [6.07, 6.45) is 6.88. The highest BCUT2D eigenvalue weighted by Crippen LogP contribution is 2.27. The van der Waals surface area contributed by atoms with Crippen LogP contribution in [0.3, 0.4) is 0 Å². The van der Waals surface area contributed by atoms with Crippen molar-refractivity contribution in [2.24, 2.45) is 0 Å². The summed E-state index contributed by atoms with van der Waals surface area (Å²) in [5, 5.41) is 5.21. The van der Waals surface area contributed by atoms with Crippen LogP contribution in [0.5, 0.6) is 5.75 Å². The summed E-state index contributed by atoms with van der Waals surface area (Å²) < 4.78 is 7.02. The molecular weight excluding hydrogens is 246 g/mol. The van der Waals surface area contributed by atoms with Gasteiger partial charge in [-0.3, -0.25) is 0 Å². The highest BCUT2D eigenvalue weighted by Gasteiger charge is 2.17. The number of fused-ring (bicyclic) bond motifs is 1. The second-order valence-electron chi connectivity index (χ2n) is 4.59. The van der Waals surface area contributed by atoms with E-state index in [1.807, 2.05) is 22.8 Å². The molecule has 0 bridgehead atoms. The maximum Gasteiger partial charge on any atom is 0.159 e. The number of methoxy groups -OCH3 is 1. The molecule has 5 heteroatoms. The molecule has 1 aliphatic heterocycles. The number of nitrogens with zero attached hydrogens (tertiary/aromatic N) is 3. The molecule has 0 aromatic carbocycles. The number of hydrogen-bond acceptors (Lipinski definition) is 4. The predicted molar refractivity (Wildman–Crippen MR) is 73.3 cm³/mol. The Morgan fingerprint density at radius 2 is 2.44 bits per heavy atom. The molecule has 96 valence electrons. The molecule has 2 aromatic heterocycles. The lowest BCUT2D eigenvalue weighted by atomic mass is 10.1. The Morgan fingerprint density at radius 3 is 3.22 bits per heavy atom. The van der Waals surface area contributed by atoms with Crippen molar-refractivity contribution >= 4 is 17.4 Å². The number of aromatic nitrogens is 3. The quantitative estimate of drug-likeness (QED) is 0.853. The summed E-state index contributed by atoms with van der Waals surface area (Å²) in [5.74, 6) is 3.06. The number of rotatable bonds is 3. The molecule has 3 heterocycles. The maximum absolute atomic E-state index is 5.20. The molecule has 3 rings (SSSR count). The Morgan fingerprint density at radius 1 is 1.50 bits per heavy atom. The van der Waals surface area contributed by atoms with E-state index in [1.165, 1.54) is 25.0 Å². The van der Waals surface area contributed by atoms with Crippen LogP contribution in [0, 0.1) is 0 Å². The van der Waals surface area contributed by atoms with Gasteiger partial charge in [-0.1, -0.05) is 6.42 Å². The van der Waals surface area contributed by atoms with E-state index in [1.54, 1.807) is 7.11 Å². The van der Waals surface area contributed by atoms with E-state index in [4.69, 9.17) is 4.74 Å². The third-order valence-corrected chi connectivity index (χ3v) is 4.67. The number of thioether (sulfide) groups is 1. The van der Waals surface area contributed by atoms with Gasteiger partial charge in [0.1, 0.15) is 5.75 Å². The average molecular weight is 263 g/mol. The van der Waals surface area contributed by atoms with E-state index in [0.717, 1.165) is 23.6 Å². The van der Waals surface area contributed by atoms with Crippen LogP contribution in [0.15, 0.2) is 18.3 Å². The Balaban J connectivity index is 1.79. The van der Waals surface area contributed by atoms with Crippen molar-refractivity contribution in [2.45, 2.75) is 30.9 Å². The second kappa shape index (κ2) is 5.18. The molecule has 1 saturated heterocycles. The van der Waals surface area contributed by atoms with Gasteiger partial charge in [0.2, 0.25) is 0 Å². The van der Waals surface area contributed by atoms with Gasteiger partial charge in [-0.15, -0.1) is 0 Å². The van der Waals surface area contributed by atoms with Crippen molar-refractivity contribution < 1.29 is 4.74 Å². The molecule has 1 unspecified atom stereocenters. The van der Waals surface area contributed by atoms with Crippen LogP contribution in [0.25, 0.3) is 5.65 Å². The average Bonchev–Trinajstić information content (AvgIpc) is 2.80. The largest absolute Gasteiger partial charge is 0.497 e. The van der Waals surface area contributed by atoms with Gasteiger partial charge in [0.25, 0.3) is 0 Å². The number of ether oxygens (including phenoxy) is 1. The van der Waals surface area contributed by atoms with E-state index in [2.05, 4.69) is 21.8 Å². The lowest BCUT2D eigenvalue weighted by Crippen LogP contribution is -2.13. The molecule has 18 heavy (non-hydrogen) atoms. The predicted octanol–water partition coefficient (Wildman–Crippen LogP) is 2.57. The molecule has 0 amide bonds. The summed E-state index contributed by atoms with van der Waals surface area (Å²) in [5.41, 5.74) is 0.866. The van der Waals surface area contributed by atoms with E-state index in [9.17, 15) is 0 Å². The summed E-state index contributed by atoms with van der Waals surface area (Å²) in [7, 11) is 1.67. The summed E-state index contributed by atoms with van der Waals surface area (Å²) in [4.78, 5) is 4.57. The molecule has 0 aliphatic carbocycles. The molecule has 1 fully saturated rings. The highest BCUT2D eigenvalue weighted by molar-refractivity contribution is 7.99. The minimum atomic E-state index is 0.693. The molecule has 0 N–H and O–H groups in total. The lowest BCUT2D eigenvalue weighted by molar-refractivity contribution is 0.414. The highest BCUT2D eigenvalue weighted by atomic mass is 32.2. The van der Waals surface area contributed by atoms with Crippen molar-refractivity contribution in [1.29, 1.82) is 0 Å². The minimum Gasteiger partial charge on any atom is -0.497 e. The van der Waals surface area contributed by atoms with Crippen molar-refractivity contribution in [2.75, 3.05) is 12.9 Å². The zero-order valence-electron chi connectivity index (χ0n) is 10.5. The van der Waals surface area contributed by atoms with Gasteiger partial charge < -0.3 is 4.74 Å². The smallest absolute Gasteiger partial charge is 0.159 e. The molecule has 1 atom stereocenters. The molecule has 1 aliphatic rings. The maximum atomic E-state index is 5.20. The Kier molecular flexibility index (Phi) is 3.41. The van der Waals surface area contributed by atoms with Crippen LogP contribution in [-0.2, 0) is 6.42 Å². The molecule has 0 saturated carbocycles. The molecule has 2 aromatic rings.